The van der Waals surface area contributed by atoms with Crippen LogP contribution in [0.4, 0.5) is 0 Å². The van der Waals surface area contributed by atoms with E-state index in [1.807, 2.05) is 0 Å². The average molecular weight is 286 g/mol. The van der Waals surface area contributed by atoms with Crippen molar-refractivity contribution in [3.8, 4) is 0 Å². The Bertz CT molecular complexity index is 336. The van der Waals surface area contributed by atoms with Gasteiger partial charge in [-0.1, -0.05) is 19.7 Å². The molecule has 0 aliphatic carbocycles. The first-order valence-electron chi connectivity index (χ1n) is 5.38. The maximum Gasteiger partial charge on any atom is 0.330 e. The van der Waals surface area contributed by atoms with E-state index in [1.54, 1.807) is 0 Å². The molecule has 0 aliphatic rings. The predicted molar refractivity (Wildman–Crippen MR) is 70.5 cm³/mol. The summed E-state index contributed by atoms with van der Waals surface area (Å²) in [7, 11) is 1.31. The van der Waals surface area contributed by atoms with E-state index in [0.717, 1.165) is 18.2 Å². The fraction of sp³-hybridized carbons (Fsp3) is 0.308. The van der Waals surface area contributed by atoms with E-state index in [-0.39, 0.29) is 13.2 Å². The van der Waals surface area contributed by atoms with Gasteiger partial charge in [-0.05, 0) is 0 Å². The molecule has 0 bridgehead atoms. The van der Waals surface area contributed by atoms with Gasteiger partial charge in [0.25, 0.3) is 0 Å². The molecule has 0 atom stereocenters. The molecule has 0 aromatic carbocycles. The van der Waals surface area contributed by atoms with Gasteiger partial charge in [-0.25, -0.2) is 14.4 Å². The zero-order valence-corrected chi connectivity index (χ0v) is 11.2. The number of aliphatic hydroxyl groups excluding tert-OH is 1. The molecular weight excluding hydrogens is 268 g/mol. The normalized spacial score (nSPS) is 8.55. The lowest BCUT2D eigenvalue weighted by Gasteiger charge is -2.09. The second-order valence-corrected chi connectivity index (χ2v) is 3.05. The topological polar surface area (TPSA) is 99.1 Å². The highest BCUT2D eigenvalue weighted by Crippen LogP contribution is 1.90. The lowest BCUT2D eigenvalue weighted by molar-refractivity contribution is -0.146. The van der Waals surface area contributed by atoms with Crippen molar-refractivity contribution in [3.05, 3.63) is 38.0 Å². The highest BCUT2D eigenvalue weighted by molar-refractivity contribution is 5.81. The van der Waals surface area contributed by atoms with E-state index in [2.05, 4.69) is 33.9 Å². The third-order valence-electron chi connectivity index (χ3n) is 1.54. The van der Waals surface area contributed by atoms with Crippen molar-refractivity contribution in [2.75, 3.05) is 20.3 Å². The lowest BCUT2D eigenvalue weighted by atomic mass is 10.4. The lowest BCUT2D eigenvalue weighted by Crippen LogP contribution is -2.24. The zero-order chi connectivity index (χ0) is 16.0. The minimum Gasteiger partial charge on any atom is -0.466 e. The van der Waals surface area contributed by atoms with Crippen LogP contribution in [0.1, 0.15) is 0 Å². The van der Waals surface area contributed by atoms with Gasteiger partial charge in [0, 0.05) is 18.2 Å². The number of esters is 3. The van der Waals surface area contributed by atoms with Gasteiger partial charge in [0.1, 0.15) is 19.3 Å². The van der Waals surface area contributed by atoms with Crippen molar-refractivity contribution in [2.45, 2.75) is 6.10 Å². The Balaban J connectivity index is 0. The molecule has 0 saturated heterocycles. The number of hydrogen-bond acceptors (Lipinski definition) is 7. The van der Waals surface area contributed by atoms with Crippen LogP contribution < -0.4 is 0 Å². The number of carbonyl (C=O) groups excluding carboxylic acids is 3. The van der Waals surface area contributed by atoms with Gasteiger partial charge < -0.3 is 19.3 Å². The highest BCUT2D eigenvalue weighted by atomic mass is 16.6. The Labute approximate surface area is 117 Å². The maximum atomic E-state index is 10.5. The van der Waals surface area contributed by atoms with E-state index < -0.39 is 24.0 Å². The molecule has 7 heteroatoms. The van der Waals surface area contributed by atoms with Crippen molar-refractivity contribution in [1.82, 2.24) is 0 Å². The van der Waals surface area contributed by atoms with Crippen LogP contribution in [0.2, 0.25) is 0 Å². The van der Waals surface area contributed by atoms with Crippen molar-refractivity contribution < 1.29 is 33.7 Å². The number of hydrogen-bond donors (Lipinski definition) is 1. The van der Waals surface area contributed by atoms with Crippen molar-refractivity contribution in [1.29, 1.82) is 0 Å². The van der Waals surface area contributed by atoms with Crippen LogP contribution in [0.25, 0.3) is 0 Å². The van der Waals surface area contributed by atoms with Crippen LogP contribution >= 0.6 is 0 Å². The molecule has 20 heavy (non-hydrogen) atoms. The minimum absolute atomic E-state index is 0.241. The fourth-order valence-corrected chi connectivity index (χ4v) is 0.606. The second kappa shape index (κ2) is 13.0. The molecule has 0 unspecified atom stereocenters. The molecule has 0 heterocycles. The Kier molecular flexibility index (Phi) is 13.0. The molecule has 0 amide bonds. The first-order chi connectivity index (χ1) is 9.40. The third-order valence-corrected chi connectivity index (χ3v) is 1.54. The zero-order valence-electron chi connectivity index (χ0n) is 11.2. The fourth-order valence-electron chi connectivity index (χ4n) is 0.606. The molecule has 0 aromatic rings. The van der Waals surface area contributed by atoms with E-state index in [9.17, 15) is 14.4 Å². The number of rotatable bonds is 7. The Morgan fingerprint density at radius 2 is 1.30 bits per heavy atom. The van der Waals surface area contributed by atoms with Gasteiger partial charge in [0.15, 0.2) is 0 Å². The predicted octanol–water partition coefficient (Wildman–Crippen LogP) is 0.151. The molecule has 0 fully saturated rings. The van der Waals surface area contributed by atoms with Gasteiger partial charge in [-0.15, -0.1) is 0 Å². The summed E-state index contributed by atoms with van der Waals surface area (Å²) in [6.45, 7) is 9.02. The molecule has 0 aliphatic heterocycles. The van der Waals surface area contributed by atoms with Crippen molar-refractivity contribution in [2.24, 2.45) is 0 Å². The largest absolute Gasteiger partial charge is 0.466 e. The molecule has 7 nitrogen and oxygen atoms in total. The molecular formula is C13H18O7. The van der Waals surface area contributed by atoms with Gasteiger partial charge in [0.05, 0.1) is 7.11 Å². The number of carbonyl (C=O) groups is 3. The van der Waals surface area contributed by atoms with Crippen LogP contribution in [0.15, 0.2) is 38.0 Å². The summed E-state index contributed by atoms with van der Waals surface area (Å²) in [6, 6.07) is 0. The monoisotopic (exact) mass is 286 g/mol. The quantitative estimate of drug-likeness (QED) is 0.404. The van der Waals surface area contributed by atoms with Crippen LogP contribution in [0.5, 0.6) is 0 Å². The molecule has 0 spiro atoms. The molecule has 0 rings (SSSR count). The maximum absolute atomic E-state index is 10.5. The van der Waals surface area contributed by atoms with Crippen molar-refractivity contribution in [3.63, 3.8) is 0 Å². The molecule has 0 radical (unpaired) electrons. The van der Waals surface area contributed by atoms with E-state index in [1.165, 1.54) is 7.11 Å². The van der Waals surface area contributed by atoms with Crippen LogP contribution in [-0.4, -0.2) is 49.4 Å². The molecule has 0 saturated carbocycles. The number of aliphatic hydroxyl groups is 1. The van der Waals surface area contributed by atoms with E-state index in [4.69, 9.17) is 5.11 Å². The van der Waals surface area contributed by atoms with E-state index in [0.29, 0.717) is 0 Å². The Morgan fingerprint density at radius 3 is 1.50 bits per heavy atom. The Hall–Kier alpha value is -2.41. The van der Waals surface area contributed by atoms with Gasteiger partial charge in [0.2, 0.25) is 0 Å². The molecule has 112 valence electrons. The third kappa shape index (κ3) is 13.7. The van der Waals surface area contributed by atoms with Crippen LogP contribution in [0.3, 0.4) is 0 Å². The molecule has 0 aromatic heterocycles. The van der Waals surface area contributed by atoms with E-state index >= 15 is 0 Å². The van der Waals surface area contributed by atoms with Crippen LogP contribution in [-0.2, 0) is 28.6 Å². The smallest absolute Gasteiger partial charge is 0.330 e. The highest BCUT2D eigenvalue weighted by Gasteiger charge is 2.08. The summed E-state index contributed by atoms with van der Waals surface area (Å²) in [5, 5.41) is 9.11. The first-order valence-corrected chi connectivity index (χ1v) is 5.38. The first kappa shape index (κ1) is 19.9. The van der Waals surface area contributed by atoms with Gasteiger partial charge in [-0.2, -0.15) is 0 Å². The number of methoxy groups -OCH3 is 1. The average Bonchev–Trinajstić information content (AvgIpc) is 2.49. The van der Waals surface area contributed by atoms with Gasteiger partial charge >= 0.3 is 17.9 Å². The summed E-state index contributed by atoms with van der Waals surface area (Å²) in [5.74, 6) is -1.67. The SMILES string of the molecule is C=CC(=O)OC.C=CC(=O)OCC(O)COC(=O)C=C. The van der Waals surface area contributed by atoms with Crippen LogP contribution in [0, 0.1) is 0 Å². The summed E-state index contributed by atoms with van der Waals surface area (Å²) >= 11 is 0. The summed E-state index contributed by atoms with van der Waals surface area (Å²) in [6.07, 6.45) is 2.02. The summed E-state index contributed by atoms with van der Waals surface area (Å²) in [4.78, 5) is 30.9. The van der Waals surface area contributed by atoms with Crippen molar-refractivity contribution >= 4 is 17.9 Å². The Morgan fingerprint density at radius 1 is 0.950 bits per heavy atom. The standard InChI is InChI=1S/C9H12O5.C4H6O2/c1-3-8(11)13-5-7(10)6-14-9(12)4-2;1-3-4(5)6-2/h3-4,7,10H,1-2,5-6H2;3H,1H2,2H3. The minimum atomic E-state index is -1.04. The summed E-state index contributed by atoms with van der Waals surface area (Å²) < 4.78 is 13.1. The number of ether oxygens (including phenoxy) is 3. The molecule has 1 N–H and O–H groups in total. The van der Waals surface area contributed by atoms with Gasteiger partial charge in [-0.3, -0.25) is 0 Å². The summed E-state index contributed by atoms with van der Waals surface area (Å²) in [5.41, 5.74) is 0. The second-order valence-electron chi connectivity index (χ2n) is 3.05.